The first-order valence-corrected chi connectivity index (χ1v) is 10.0. The number of furan rings is 1. The Kier molecular flexibility index (Phi) is 4.63. The van der Waals surface area contributed by atoms with Crippen molar-refractivity contribution in [2.45, 2.75) is 38.1 Å². The van der Waals surface area contributed by atoms with Crippen molar-refractivity contribution in [1.29, 1.82) is 0 Å². The average Bonchev–Trinajstić information content (AvgIpc) is 3.34. The SMILES string of the molecule is O=C1CCCC(CCCOc2ccc3ncc(-c4cc5ccccc5o4)n3n2)N1.[HH]. The molecule has 1 aliphatic heterocycles. The molecule has 0 saturated carbocycles. The van der Waals surface area contributed by atoms with E-state index in [1.807, 2.05) is 42.5 Å². The van der Waals surface area contributed by atoms with Gasteiger partial charge in [-0.15, -0.1) is 5.10 Å². The summed E-state index contributed by atoms with van der Waals surface area (Å²) in [5.41, 5.74) is 2.35. The van der Waals surface area contributed by atoms with E-state index >= 15 is 0 Å². The maximum Gasteiger partial charge on any atom is 0.231 e. The first kappa shape index (κ1) is 17.7. The molecule has 0 spiro atoms. The number of imidazole rings is 1. The van der Waals surface area contributed by atoms with Gasteiger partial charge in [-0.1, -0.05) is 18.2 Å². The third kappa shape index (κ3) is 3.68. The molecule has 29 heavy (non-hydrogen) atoms. The largest absolute Gasteiger partial charge is 0.477 e. The van der Waals surface area contributed by atoms with Crippen LogP contribution in [0, 0.1) is 0 Å². The van der Waals surface area contributed by atoms with Gasteiger partial charge in [-0.3, -0.25) is 4.79 Å². The highest BCUT2D eigenvalue weighted by atomic mass is 16.5. The molecule has 150 valence electrons. The van der Waals surface area contributed by atoms with Crippen molar-refractivity contribution in [2.24, 2.45) is 0 Å². The smallest absolute Gasteiger partial charge is 0.231 e. The van der Waals surface area contributed by atoms with Crippen LogP contribution in [0.25, 0.3) is 28.1 Å². The maximum absolute atomic E-state index is 11.5. The van der Waals surface area contributed by atoms with Gasteiger partial charge in [-0.2, -0.15) is 0 Å². The van der Waals surface area contributed by atoms with Gasteiger partial charge in [0.25, 0.3) is 0 Å². The van der Waals surface area contributed by atoms with Crippen LogP contribution in [0.5, 0.6) is 5.88 Å². The molecule has 0 bridgehead atoms. The van der Waals surface area contributed by atoms with Gasteiger partial charge in [0.15, 0.2) is 11.4 Å². The minimum Gasteiger partial charge on any atom is -0.477 e. The number of hydrogen-bond donors (Lipinski definition) is 1. The predicted octanol–water partition coefficient (Wildman–Crippen LogP) is 4.22. The number of para-hydroxylation sites is 1. The fourth-order valence-electron chi connectivity index (χ4n) is 3.81. The Labute approximate surface area is 169 Å². The van der Waals surface area contributed by atoms with Crippen LogP contribution in [-0.4, -0.2) is 33.2 Å². The summed E-state index contributed by atoms with van der Waals surface area (Å²) in [6, 6.07) is 13.9. The first-order chi connectivity index (χ1) is 14.3. The van der Waals surface area contributed by atoms with E-state index in [0.29, 0.717) is 18.9 Å². The Hall–Kier alpha value is -3.35. The van der Waals surface area contributed by atoms with Crippen molar-refractivity contribution in [2.75, 3.05) is 6.61 Å². The van der Waals surface area contributed by atoms with E-state index in [1.54, 1.807) is 10.7 Å². The normalized spacial score (nSPS) is 17.0. The predicted molar refractivity (Wildman–Crippen MR) is 111 cm³/mol. The molecule has 4 aromatic rings. The highest BCUT2D eigenvalue weighted by Crippen LogP contribution is 2.28. The van der Waals surface area contributed by atoms with Crippen molar-refractivity contribution in [3.05, 3.63) is 48.7 Å². The van der Waals surface area contributed by atoms with Crippen molar-refractivity contribution in [1.82, 2.24) is 19.9 Å². The van der Waals surface area contributed by atoms with Crippen LogP contribution in [-0.2, 0) is 4.79 Å². The molecule has 1 amide bonds. The first-order valence-electron chi connectivity index (χ1n) is 10.0. The van der Waals surface area contributed by atoms with E-state index in [1.165, 1.54) is 0 Å². The summed E-state index contributed by atoms with van der Waals surface area (Å²) in [4.78, 5) is 15.9. The standard InChI is InChI=1S/C22H22N4O3.H2/c27-21-9-3-6-16(24-21)7-4-12-28-22-11-10-20-23-14-17(26(20)25-22)19-13-15-5-1-2-8-18(15)29-19;/h1-2,5,8,10-11,13-14,16H,3-4,6-7,9,12H2,(H,24,27);1H. The summed E-state index contributed by atoms with van der Waals surface area (Å²) in [5, 5.41) is 8.66. The van der Waals surface area contributed by atoms with Crippen LogP contribution >= 0.6 is 0 Å². The Balaban J connectivity index is 0.00000218. The number of benzene rings is 1. The van der Waals surface area contributed by atoms with Gasteiger partial charge < -0.3 is 14.5 Å². The lowest BCUT2D eigenvalue weighted by molar-refractivity contribution is -0.123. The number of rotatable bonds is 6. The minimum absolute atomic E-state index is 0. The van der Waals surface area contributed by atoms with E-state index in [9.17, 15) is 4.79 Å². The fraction of sp³-hybridized carbons (Fsp3) is 0.318. The van der Waals surface area contributed by atoms with Gasteiger partial charge in [-0.25, -0.2) is 9.50 Å². The molecule has 4 heterocycles. The number of amides is 1. The molecule has 1 N–H and O–H groups in total. The van der Waals surface area contributed by atoms with Crippen LogP contribution in [0.3, 0.4) is 0 Å². The highest BCUT2D eigenvalue weighted by molar-refractivity contribution is 5.82. The summed E-state index contributed by atoms with van der Waals surface area (Å²) in [6.45, 7) is 0.555. The second-order valence-electron chi connectivity index (χ2n) is 7.38. The molecule has 1 fully saturated rings. The monoisotopic (exact) mass is 392 g/mol. The summed E-state index contributed by atoms with van der Waals surface area (Å²) in [7, 11) is 0. The highest BCUT2D eigenvalue weighted by Gasteiger charge is 2.17. The third-order valence-electron chi connectivity index (χ3n) is 5.28. The molecule has 7 nitrogen and oxygen atoms in total. The zero-order chi connectivity index (χ0) is 19.6. The number of ether oxygens (including phenoxy) is 1. The van der Waals surface area contributed by atoms with E-state index in [4.69, 9.17) is 9.15 Å². The summed E-state index contributed by atoms with van der Waals surface area (Å²) in [5.74, 6) is 1.42. The summed E-state index contributed by atoms with van der Waals surface area (Å²) < 4.78 is 13.6. The molecule has 1 unspecified atom stereocenters. The Bertz CT molecular complexity index is 1140. The van der Waals surface area contributed by atoms with E-state index in [0.717, 1.165) is 53.8 Å². The number of piperidine rings is 1. The lowest BCUT2D eigenvalue weighted by Crippen LogP contribution is -2.38. The Morgan fingerprint density at radius 2 is 2.21 bits per heavy atom. The van der Waals surface area contributed by atoms with Gasteiger partial charge in [0, 0.05) is 25.3 Å². The molecule has 1 aromatic carbocycles. The minimum atomic E-state index is 0. The van der Waals surface area contributed by atoms with Gasteiger partial charge in [0.2, 0.25) is 11.8 Å². The quantitative estimate of drug-likeness (QED) is 0.497. The Morgan fingerprint density at radius 3 is 3.10 bits per heavy atom. The molecule has 0 aliphatic carbocycles. The molecule has 5 rings (SSSR count). The lowest BCUT2D eigenvalue weighted by atomic mass is 10.0. The lowest BCUT2D eigenvalue weighted by Gasteiger charge is -2.22. The van der Waals surface area contributed by atoms with Gasteiger partial charge in [0.05, 0.1) is 12.8 Å². The van der Waals surface area contributed by atoms with E-state index in [2.05, 4.69) is 15.4 Å². The molecule has 1 saturated heterocycles. The Morgan fingerprint density at radius 1 is 1.28 bits per heavy atom. The van der Waals surface area contributed by atoms with Crippen LogP contribution in [0.4, 0.5) is 0 Å². The van der Waals surface area contributed by atoms with Crippen LogP contribution in [0.1, 0.15) is 33.5 Å². The summed E-state index contributed by atoms with van der Waals surface area (Å²) >= 11 is 0. The number of nitrogens with zero attached hydrogens (tertiary/aromatic N) is 3. The van der Waals surface area contributed by atoms with Crippen LogP contribution < -0.4 is 10.1 Å². The molecule has 7 heteroatoms. The molecular weight excluding hydrogens is 368 g/mol. The third-order valence-corrected chi connectivity index (χ3v) is 5.28. The van der Waals surface area contributed by atoms with Crippen molar-refractivity contribution >= 4 is 22.5 Å². The molecule has 0 radical (unpaired) electrons. The molecule has 1 atom stereocenters. The maximum atomic E-state index is 11.5. The number of carbonyl (C=O) groups excluding carboxylic acids is 1. The number of hydrogen-bond acceptors (Lipinski definition) is 5. The zero-order valence-corrected chi connectivity index (χ0v) is 16.0. The molecule has 1 aliphatic rings. The fourth-order valence-corrected chi connectivity index (χ4v) is 3.81. The number of fused-ring (bicyclic) bond motifs is 2. The molecular formula is C22H24N4O3. The van der Waals surface area contributed by atoms with E-state index in [-0.39, 0.29) is 13.4 Å². The number of aromatic nitrogens is 3. The van der Waals surface area contributed by atoms with Crippen LogP contribution in [0.15, 0.2) is 53.1 Å². The topological polar surface area (TPSA) is 81.7 Å². The van der Waals surface area contributed by atoms with Crippen LogP contribution in [0.2, 0.25) is 0 Å². The molecule has 3 aromatic heterocycles. The second-order valence-corrected chi connectivity index (χ2v) is 7.38. The van der Waals surface area contributed by atoms with Gasteiger partial charge in [-0.05, 0) is 43.9 Å². The zero-order valence-electron chi connectivity index (χ0n) is 16.0. The summed E-state index contributed by atoms with van der Waals surface area (Å²) in [6.07, 6.45) is 6.21. The van der Waals surface area contributed by atoms with Crippen molar-refractivity contribution < 1.29 is 15.4 Å². The van der Waals surface area contributed by atoms with Crippen molar-refractivity contribution in [3.8, 4) is 17.3 Å². The van der Waals surface area contributed by atoms with Crippen molar-refractivity contribution in [3.63, 3.8) is 0 Å². The van der Waals surface area contributed by atoms with Gasteiger partial charge >= 0.3 is 0 Å². The average molecular weight is 392 g/mol. The van der Waals surface area contributed by atoms with Gasteiger partial charge in [0.1, 0.15) is 11.3 Å². The second kappa shape index (κ2) is 7.58. The number of carbonyl (C=O) groups is 1. The van der Waals surface area contributed by atoms with E-state index < -0.39 is 0 Å². The number of nitrogens with one attached hydrogen (secondary N) is 1.